The van der Waals surface area contributed by atoms with Crippen molar-refractivity contribution in [2.45, 2.75) is 70.3 Å². The van der Waals surface area contributed by atoms with Crippen LogP contribution in [-0.4, -0.2) is 21.7 Å². The molecule has 1 aliphatic heterocycles. The highest BCUT2D eigenvalue weighted by atomic mass is 32.2. The minimum Gasteiger partial charge on any atom is -0.511 e. The van der Waals surface area contributed by atoms with E-state index >= 15 is 0 Å². The Morgan fingerprint density at radius 2 is 1.94 bits per heavy atom. The number of ether oxygens (including phenoxy) is 1. The molecular formula is C27H32N2O3S2. The molecule has 2 heterocycles. The summed E-state index contributed by atoms with van der Waals surface area (Å²) < 4.78 is 7.17. The number of nitrogens with zero attached hydrogens (tertiary/aromatic N) is 1. The van der Waals surface area contributed by atoms with Gasteiger partial charge in [-0.15, -0.1) is 0 Å². The van der Waals surface area contributed by atoms with Crippen molar-refractivity contribution >= 4 is 44.4 Å². The number of aliphatic hydroxyl groups is 1. The van der Waals surface area contributed by atoms with Crippen LogP contribution in [0.15, 0.2) is 52.0 Å². The van der Waals surface area contributed by atoms with E-state index < -0.39 is 11.6 Å². The van der Waals surface area contributed by atoms with E-state index in [9.17, 15) is 9.90 Å². The number of hydrogen-bond donors (Lipinski definition) is 2. The van der Waals surface area contributed by atoms with Gasteiger partial charge in [-0.1, -0.05) is 81.1 Å². The van der Waals surface area contributed by atoms with Gasteiger partial charge < -0.3 is 15.6 Å². The van der Waals surface area contributed by atoms with Crippen molar-refractivity contribution < 1.29 is 14.6 Å². The number of carbonyl (C=O) groups excluding carboxylic acids is 1. The topological polar surface area (TPSA) is 85.4 Å². The number of nitrogens with two attached hydrogens (primary N) is 1. The quantitative estimate of drug-likeness (QED) is 0.338. The second kappa shape index (κ2) is 9.62. The lowest BCUT2D eigenvalue weighted by Gasteiger charge is -2.40. The van der Waals surface area contributed by atoms with Crippen molar-refractivity contribution in [2.24, 2.45) is 5.92 Å². The van der Waals surface area contributed by atoms with Gasteiger partial charge in [0.25, 0.3) is 0 Å². The number of carbonyl (C=O) groups is 1. The first-order valence-corrected chi connectivity index (χ1v) is 13.3. The monoisotopic (exact) mass is 496 g/mol. The number of cyclic esters (lactones) is 1. The van der Waals surface area contributed by atoms with E-state index in [1.54, 1.807) is 0 Å². The van der Waals surface area contributed by atoms with E-state index in [0.29, 0.717) is 18.0 Å². The molecule has 0 radical (unpaired) electrons. The van der Waals surface area contributed by atoms with Crippen LogP contribution >= 0.6 is 23.1 Å². The molecule has 0 spiro atoms. The zero-order valence-electron chi connectivity index (χ0n) is 20.3. The van der Waals surface area contributed by atoms with Crippen LogP contribution in [0.4, 0.5) is 5.13 Å². The van der Waals surface area contributed by atoms with Crippen LogP contribution in [0, 0.1) is 12.8 Å². The predicted octanol–water partition coefficient (Wildman–Crippen LogP) is 7.15. The standard InChI is InChI=1S/C27H32N2O3S2/c1-15(2)21-20(13-17(5)22-24(21)34-26(28)29-22)33-23-19(30)14-27(16(3)4,32-25(23)31)12-11-18-9-7-6-8-10-18/h6-10,13,15-16,30H,11-12,14H2,1-5H3,(H2,28,29)/t27-/m0/s1. The molecule has 2 aromatic carbocycles. The largest absolute Gasteiger partial charge is 0.511 e. The van der Waals surface area contributed by atoms with Crippen LogP contribution in [0.5, 0.6) is 0 Å². The SMILES string of the molecule is Cc1cc(SC2=C(O)C[C@@](CCc3ccccc3)(C(C)C)OC2=O)c(C(C)C)c2sc(N)nc12. The second-order valence-corrected chi connectivity index (χ2v) is 11.7. The third kappa shape index (κ3) is 4.68. The molecule has 1 aromatic heterocycles. The zero-order chi connectivity index (χ0) is 24.6. The molecule has 7 heteroatoms. The molecule has 0 amide bonds. The lowest BCUT2D eigenvalue weighted by Crippen LogP contribution is -2.44. The fraction of sp³-hybridized carbons (Fsp3) is 0.407. The molecule has 5 nitrogen and oxygen atoms in total. The number of esters is 1. The Bertz CT molecular complexity index is 1250. The number of aromatic nitrogens is 1. The molecule has 180 valence electrons. The van der Waals surface area contributed by atoms with Gasteiger partial charge in [0.15, 0.2) is 5.13 Å². The maximum atomic E-state index is 13.3. The summed E-state index contributed by atoms with van der Waals surface area (Å²) in [7, 11) is 0. The van der Waals surface area contributed by atoms with Gasteiger partial charge in [-0.3, -0.25) is 0 Å². The van der Waals surface area contributed by atoms with Crippen LogP contribution < -0.4 is 5.73 Å². The van der Waals surface area contributed by atoms with Crippen LogP contribution in [0.25, 0.3) is 10.2 Å². The van der Waals surface area contributed by atoms with Gasteiger partial charge in [-0.2, -0.15) is 0 Å². The Morgan fingerprint density at radius 3 is 2.56 bits per heavy atom. The molecule has 1 aliphatic rings. The Kier molecular flexibility index (Phi) is 6.97. The van der Waals surface area contributed by atoms with Crippen molar-refractivity contribution in [2.75, 3.05) is 5.73 Å². The highest BCUT2D eigenvalue weighted by molar-refractivity contribution is 8.04. The molecule has 1 atom stereocenters. The zero-order valence-corrected chi connectivity index (χ0v) is 22.0. The third-order valence-electron chi connectivity index (χ3n) is 6.61. The lowest BCUT2D eigenvalue weighted by molar-refractivity contribution is -0.164. The number of thiazole rings is 1. The number of aryl methyl sites for hydroxylation is 2. The van der Waals surface area contributed by atoms with Gasteiger partial charge in [0.2, 0.25) is 0 Å². The lowest BCUT2D eigenvalue weighted by atomic mass is 9.80. The number of nitrogen functional groups attached to an aromatic ring is 1. The Hall–Kier alpha value is -2.51. The molecular weight excluding hydrogens is 464 g/mol. The summed E-state index contributed by atoms with van der Waals surface area (Å²) in [5, 5.41) is 11.7. The number of fused-ring (bicyclic) bond motifs is 1. The smallest absolute Gasteiger partial charge is 0.349 e. The number of aliphatic hydroxyl groups excluding tert-OH is 1. The maximum Gasteiger partial charge on any atom is 0.349 e. The summed E-state index contributed by atoms with van der Waals surface area (Å²) in [5.74, 6) is -0.0710. The van der Waals surface area contributed by atoms with Crippen molar-refractivity contribution in [1.82, 2.24) is 4.98 Å². The summed E-state index contributed by atoms with van der Waals surface area (Å²) in [6, 6.07) is 12.2. The number of thioether (sulfide) groups is 1. The number of hydrogen-bond acceptors (Lipinski definition) is 7. The summed E-state index contributed by atoms with van der Waals surface area (Å²) in [6.07, 6.45) is 1.75. The van der Waals surface area contributed by atoms with E-state index in [1.165, 1.54) is 28.7 Å². The fourth-order valence-corrected chi connectivity index (χ4v) is 6.97. The molecule has 3 aromatic rings. The summed E-state index contributed by atoms with van der Waals surface area (Å²) in [4.78, 5) is 19.0. The van der Waals surface area contributed by atoms with Gasteiger partial charge in [0.1, 0.15) is 16.3 Å². The molecule has 0 fully saturated rings. The van der Waals surface area contributed by atoms with Gasteiger partial charge in [-0.05, 0) is 54.4 Å². The first-order chi connectivity index (χ1) is 16.1. The van der Waals surface area contributed by atoms with E-state index in [-0.39, 0.29) is 22.5 Å². The van der Waals surface area contributed by atoms with Crippen LogP contribution in [-0.2, 0) is 16.0 Å². The third-order valence-corrected chi connectivity index (χ3v) is 8.69. The van der Waals surface area contributed by atoms with Gasteiger partial charge in [-0.25, -0.2) is 9.78 Å². The second-order valence-electron chi connectivity index (χ2n) is 9.64. The first-order valence-electron chi connectivity index (χ1n) is 11.7. The van der Waals surface area contributed by atoms with Gasteiger partial charge in [0, 0.05) is 11.3 Å². The molecule has 0 saturated carbocycles. The van der Waals surface area contributed by atoms with Gasteiger partial charge >= 0.3 is 5.97 Å². The molecule has 0 unspecified atom stereocenters. The summed E-state index contributed by atoms with van der Waals surface area (Å²) in [6.45, 7) is 10.3. The van der Waals surface area contributed by atoms with Crippen molar-refractivity contribution in [1.29, 1.82) is 0 Å². The average Bonchev–Trinajstić information content (AvgIpc) is 3.17. The van der Waals surface area contributed by atoms with E-state index in [0.717, 1.165) is 32.7 Å². The normalized spacial score (nSPS) is 18.9. The maximum absolute atomic E-state index is 13.3. The van der Waals surface area contributed by atoms with Crippen molar-refractivity contribution in [3.05, 3.63) is 63.8 Å². The molecule has 0 saturated heterocycles. The number of rotatable bonds is 7. The van der Waals surface area contributed by atoms with Crippen LogP contribution in [0.1, 0.15) is 63.1 Å². The minimum absolute atomic E-state index is 0.0684. The van der Waals surface area contributed by atoms with Crippen LogP contribution in [0.2, 0.25) is 0 Å². The molecule has 3 N–H and O–H groups in total. The molecule has 4 rings (SSSR count). The summed E-state index contributed by atoms with van der Waals surface area (Å²) in [5.41, 5.74) is 9.47. The predicted molar refractivity (Wildman–Crippen MR) is 141 cm³/mol. The molecule has 0 aliphatic carbocycles. The first kappa shape index (κ1) is 24.6. The minimum atomic E-state index is -0.728. The van der Waals surface area contributed by atoms with E-state index in [4.69, 9.17) is 10.5 Å². The highest BCUT2D eigenvalue weighted by Gasteiger charge is 2.44. The van der Waals surface area contributed by atoms with Crippen molar-refractivity contribution in [3.8, 4) is 0 Å². The average molecular weight is 497 g/mol. The van der Waals surface area contributed by atoms with Gasteiger partial charge in [0.05, 0.1) is 10.2 Å². The molecule has 34 heavy (non-hydrogen) atoms. The summed E-state index contributed by atoms with van der Waals surface area (Å²) >= 11 is 2.76. The number of benzene rings is 2. The highest BCUT2D eigenvalue weighted by Crippen LogP contribution is 2.46. The number of anilines is 1. The van der Waals surface area contributed by atoms with E-state index in [1.807, 2.05) is 45.0 Å². The van der Waals surface area contributed by atoms with E-state index in [2.05, 4.69) is 31.0 Å². The Morgan fingerprint density at radius 1 is 1.24 bits per heavy atom. The Labute approximate surface area is 209 Å². The molecule has 0 bridgehead atoms. The Balaban J connectivity index is 1.67. The van der Waals surface area contributed by atoms with Crippen LogP contribution in [0.3, 0.4) is 0 Å². The fourth-order valence-electron chi connectivity index (χ4n) is 4.58. The van der Waals surface area contributed by atoms with Crippen molar-refractivity contribution in [3.63, 3.8) is 0 Å².